The quantitative estimate of drug-likeness (QED) is 0.428. The lowest BCUT2D eigenvalue weighted by atomic mass is 9.83. The molecule has 0 saturated carbocycles. The number of aromatic nitrogens is 1. The Morgan fingerprint density at radius 1 is 1.19 bits per heavy atom. The van der Waals surface area contributed by atoms with E-state index in [1.807, 2.05) is 35.2 Å². The third-order valence-corrected chi connectivity index (χ3v) is 7.66. The second-order valence-corrected chi connectivity index (χ2v) is 10.1. The molecule has 0 unspecified atom stereocenters. The van der Waals surface area contributed by atoms with Gasteiger partial charge in [-0.1, -0.05) is 31.5 Å². The number of aliphatic carboxylic acids is 1. The molecule has 3 atom stereocenters. The third-order valence-electron chi connectivity index (χ3n) is 7.66. The molecule has 4 rings (SSSR count). The van der Waals surface area contributed by atoms with Gasteiger partial charge in [0.15, 0.2) is 0 Å². The number of carboxylic acids is 1. The van der Waals surface area contributed by atoms with Crippen LogP contribution in [0.4, 0.5) is 0 Å². The van der Waals surface area contributed by atoms with Crippen LogP contribution in [0.5, 0.6) is 5.75 Å². The van der Waals surface area contributed by atoms with Gasteiger partial charge >= 0.3 is 5.97 Å². The Bertz CT molecular complexity index is 1040. The second kappa shape index (κ2) is 13.0. The van der Waals surface area contributed by atoms with Crippen LogP contribution in [-0.4, -0.2) is 82.3 Å². The molecule has 0 radical (unpaired) electrons. The highest BCUT2D eigenvalue weighted by Gasteiger charge is 2.47. The first kappa shape index (κ1) is 27.1. The average molecular weight is 510 g/mol. The Hall–Kier alpha value is -2.97. The van der Waals surface area contributed by atoms with E-state index >= 15 is 0 Å². The number of benzene rings is 1. The first-order valence-electron chi connectivity index (χ1n) is 13.5. The van der Waals surface area contributed by atoms with Crippen molar-refractivity contribution in [3.05, 3.63) is 59.4 Å². The van der Waals surface area contributed by atoms with E-state index in [9.17, 15) is 19.8 Å². The average Bonchev–Trinajstić information content (AvgIpc) is 3.52. The molecule has 2 aliphatic rings. The minimum Gasteiger partial charge on any atom is -0.493 e. The lowest BCUT2D eigenvalue weighted by molar-refractivity contribution is -0.143. The molecular weight excluding hydrogens is 470 g/mol. The van der Waals surface area contributed by atoms with E-state index in [1.54, 1.807) is 6.20 Å². The maximum atomic E-state index is 13.4. The number of fused-ring (bicyclic) bond motifs is 1. The summed E-state index contributed by atoms with van der Waals surface area (Å²) in [5, 5.41) is 19.7. The highest BCUT2D eigenvalue weighted by atomic mass is 16.5. The highest BCUT2D eigenvalue weighted by Crippen LogP contribution is 2.41. The number of nitrogens with zero attached hydrogens (tertiary/aromatic N) is 3. The van der Waals surface area contributed by atoms with Gasteiger partial charge in [0.25, 0.3) is 0 Å². The molecule has 2 aromatic rings. The largest absolute Gasteiger partial charge is 0.493 e. The van der Waals surface area contributed by atoms with Crippen LogP contribution < -0.4 is 4.74 Å². The molecule has 3 heterocycles. The van der Waals surface area contributed by atoms with Crippen molar-refractivity contribution in [2.24, 2.45) is 5.92 Å². The number of ether oxygens (including phenoxy) is 1. The van der Waals surface area contributed by atoms with E-state index in [0.717, 1.165) is 41.8 Å². The van der Waals surface area contributed by atoms with Crippen LogP contribution in [0.15, 0.2) is 42.6 Å². The number of carbonyl (C=O) groups is 2. The van der Waals surface area contributed by atoms with Crippen molar-refractivity contribution in [3.8, 4) is 5.75 Å². The van der Waals surface area contributed by atoms with E-state index < -0.39 is 11.9 Å². The Balaban J connectivity index is 1.59. The molecule has 8 heteroatoms. The number of pyridine rings is 1. The number of likely N-dealkylation sites (tertiary alicyclic amines) is 1. The minimum absolute atomic E-state index is 0.00289. The molecule has 0 aliphatic carbocycles. The minimum atomic E-state index is -0.828. The SMILES string of the molecule is CCCCN(CCCO)C(=O)CN1C[C@H](c2ccc3c(c2)CCO3)[C@@H](C(=O)O)[C@@H]1CCc1ccccn1. The van der Waals surface area contributed by atoms with Crippen molar-refractivity contribution in [3.63, 3.8) is 0 Å². The van der Waals surface area contributed by atoms with Gasteiger partial charge in [0.05, 0.1) is 19.1 Å². The molecule has 1 amide bonds. The number of aliphatic hydroxyl groups is 1. The van der Waals surface area contributed by atoms with Crippen LogP contribution in [-0.2, 0) is 22.4 Å². The second-order valence-electron chi connectivity index (χ2n) is 10.1. The molecular formula is C29H39N3O5. The molecule has 1 aromatic carbocycles. The Labute approximate surface area is 219 Å². The summed E-state index contributed by atoms with van der Waals surface area (Å²) in [6.45, 7) is 4.63. The lowest BCUT2D eigenvalue weighted by Gasteiger charge is -2.29. The first-order valence-corrected chi connectivity index (χ1v) is 13.5. The molecule has 200 valence electrons. The number of unbranched alkanes of at least 4 members (excludes halogenated alkanes) is 1. The van der Waals surface area contributed by atoms with Crippen molar-refractivity contribution in [1.29, 1.82) is 0 Å². The van der Waals surface area contributed by atoms with Gasteiger partial charge in [-0.2, -0.15) is 0 Å². The van der Waals surface area contributed by atoms with Crippen LogP contribution in [0.2, 0.25) is 0 Å². The molecule has 2 N–H and O–H groups in total. The van der Waals surface area contributed by atoms with E-state index in [2.05, 4.69) is 22.9 Å². The first-order chi connectivity index (χ1) is 18.0. The van der Waals surface area contributed by atoms with Crippen molar-refractivity contribution in [2.75, 3.05) is 39.4 Å². The Kier molecular flexibility index (Phi) is 9.52. The van der Waals surface area contributed by atoms with E-state index in [-0.39, 0.29) is 31.0 Å². The zero-order chi connectivity index (χ0) is 26.2. The molecule has 1 saturated heterocycles. The number of hydrogen-bond donors (Lipinski definition) is 2. The third kappa shape index (κ3) is 6.67. The fraction of sp³-hybridized carbons (Fsp3) is 0.552. The number of aliphatic hydroxyl groups excluding tert-OH is 1. The van der Waals surface area contributed by atoms with Crippen LogP contribution in [0.3, 0.4) is 0 Å². The molecule has 8 nitrogen and oxygen atoms in total. The summed E-state index contributed by atoms with van der Waals surface area (Å²) in [6, 6.07) is 11.5. The smallest absolute Gasteiger partial charge is 0.308 e. The van der Waals surface area contributed by atoms with Crippen LogP contribution in [0.25, 0.3) is 0 Å². The summed E-state index contributed by atoms with van der Waals surface area (Å²) in [6.07, 6.45) is 6.25. The summed E-state index contributed by atoms with van der Waals surface area (Å²) in [5.41, 5.74) is 3.04. The van der Waals surface area contributed by atoms with Gasteiger partial charge in [0.1, 0.15) is 5.75 Å². The predicted octanol–water partition coefficient (Wildman–Crippen LogP) is 3.13. The molecule has 0 bridgehead atoms. The normalized spacial score (nSPS) is 21.0. The van der Waals surface area contributed by atoms with Gasteiger partial charge < -0.3 is 19.8 Å². The van der Waals surface area contributed by atoms with Gasteiger partial charge in [-0.3, -0.25) is 19.5 Å². The van der Waals surface area contributed by atoms with Crippen LogP contribution in [0, 0.1) is 5.92 Å². The zero-order valence-electron chi connectivity index (χ0n) is 21.7. The number of rotatable bonds is 13. The number of aryl methyl sites for hydroxylation is 1. The van der Waals surface area contributed by atoms with Gasteiger partial charge in [0.2, 0.25) is 5.91 Å². The van der Waals surface area contributed by atoms with Crippen molar-refractivity contribution in [1.82, 2.24) is 14.8 Å². The molecule has 2 aliphatic heterocycles. The van der Waals surface area contributed by atoms with E-state index in [4.69, 9.17) is 4.74 Å². The fourth-order valence-electron chi connectivity index (χ4n) is 5.71. The van der Waals surface area contributed by atoms with Crippen molar-refractivity contribution < 1.29 is 24.5 Å². The van der Waals surface area contributed by atoms with E-state index in [0.29, 0.717) is 45.5 Å². The van der Waals surface area contributed by atoms with Gasteiger partial charge in [-0.05, 0) is 55.0 Å². The maximum Gasteiger partial charge on any atom is 0.308 e. The summed E-state index contributed by atoms with van der Waals surface area (Å²) in [5.74, 6) is -0.796. The molecule has 1 aromatic heterocycles. The highest BCUT2D eigenvalue weighted by molar-refractivity contribution is 5.79. The van der Waals surface area contributed by atoms with Crippen LogP contribution >= 0.6 is 0 Å². The van der Waals surface area contributed by atoms with E-state index in [1.165, 1.54) is 0 Å². The standard InChI is InChI=1S/C29H39N3O5/c1-2-3-14-31(15-6-16-33)27(34)20-32-19-24(21-8-11-26-22(18-21)12-17-37-26)28(29(35)36)25(32)10-9-23-7-4-5-13-30-23/h4-5,7-8,11,13,18,24-25,28,33H,2-3,6,9-10,12,14-17,19-20H2,1H3,(H,35,36)/t24-,25+,28-/m1/s1. The molecule has 0 spiro atoms. The number of hydrogen-bond acceptors (Lipinski definition) is 6. The number of amides is 1. The Morgan fingerprint density at radius 2 is 2.03 bits per heavy atom. The van der Waals surface area contributed by atoms with Gasteiger partial charge in [-0.15, -0.1) is 0 Å². The van der Waals surface area contributed by atoms with Gasteiger partial charge in [0, 0.05) is 56.5 Å². The summed E-state index contributed by atoms with van der Waals surface area (Å²) in [4.78, 5) is 34.5. The molecule has 1 fully saturated rings. The lowest BCUT2D eigenvalue weighted by Crippen LogP contribution is -2.45. The van der Waals surface area contributed by atoms with Crippen molar-refractivity contribution >= 4 is 11.9 Å². The monoisotopic (exact) mass is 509 g/mol. The maximum absolute atomic E-state index is 13.4. The zero-order valence-corrected chi connectivity index (χ0v) is 21.7. The number of carbonyl (C=O) groups excluding carboxylic acids is 1. The van der Waals surface area contributed by atoms with Crippen molar-refractivity contribution in [2.45, 2.75) is 57.4 Å². The fourth-order valence-corrected chi connectivity index (χ4v) is 5.71. The summed E-state index contributed by atoms with van der Waals surface area (Å²) in [7, 11) is 0. The molecule has 37 heavy (non-hydrogen) atoms. The summed E-state index contributed by atoms with van der Waals surface area (Å²) < 4.78 is 5.66. The predicted molar refractivity (Wildman–Crippen MR) is 141 cm³/mol. The van der Waals surface area contributed by atoms with Gasteiger partial charge in [-0.25, -0.2) is 0 Å². The Morgan fingerprint density at radius 3 is 2.76 bits per heavy atom. The topological polar surface area (TPSA) is 103 Å². The summed E-state index contributed by atoms with van der Waals surface area (Å²) >= 11 is 0. The van der Waals surface area contributed by atoms with Crippen LogP contribution in [0.1, 0.15) is 55.3 Å². The number of carboxylic acid groups (broad SMARTS) is 1.